The molecule has 0 saturated heterocycles. The van der Waals surface area contributed by atoms with Crippen LogP contribution in [0, 0.1) is 13.8 Å². The van der Waals surface area contributed by atoms with Crippen LogP contribution in [0.25, 0.3) is 5.69 Å². The highest BCUT2D eigenvalue weighted by Crippen LogP contribution is 2.32. The number of benzene rings is 2. The van der Waals surface area contributed by atoms with Gasteiger partial charge in [-0.05, 0) is 74.2 Å². The molecule has 1 aliphatic carbocycles. The molecule has 3 aromatic rings. The minimum Gasteiger partial charge on any atom is -0.338 e. The number of carbonyl (C=O) groups is 1. The number of aryl methyl sites for hydroxylation is 2. The van der Waals surface area contributed by atoms with Crippen LogP contribution in [0.3, 0.4) is 0 Å². The molecule has 26 heavy (non-hydrogen) atoms. The summed E-state index contributed by atoms with van der Waals surface area (Å²) in [5.74, 6) is 0.781. The molecular weight excluding hydrogens is 346 g/mol. The van der Waals surface area contributed by atoms with Gasteiger partial charge in [-0.3, -0.25) is 4.79 Å². The molecule has 0 fully saturated rings. The standard InChI is InChI=1S/C21H20ClN3O/c1-13-10-14(2)12-16(11-13)23-21-20-18(4-3-5-19(20)26)25(24-21)17-8-6-15(22)7-9-17/h6-12H,3-5H2,1-2H3,(H,23,24). The van der Waals surface area contributed by atoms with Crippen LogP contribution in [0.2, 0.25) is 5.02 Å². The molecular formula is C21H20ClN3O. The third kappa shape index (κ3) is 3.13. The number of Topliss-reactive ketones (excluding diaryl/α,β-unsaturated/α-hetero) is 1. The minimum atomic E-state index is 0.151. The van der Waals surface area contributed by atoms with Crippen LogP contribution in [-0.4, -0.2) is 15.6 Å². The average molecular weight is 366 g/mol. The summed E-state index contributed by atoms with van der Waals surface area (Å²) in [4.78, 5) is 12.6. The summed E-state index contributed by atoms with van der Waals surface area (Å²) in [6.45, 7) is 4.12. The van der Waals surface area contributed by atoms with E-state index in [1.54, 1.807) is 0 Å². The molecule has 132 valence electrons. The van der Waals surface area contributed by atoms with Gasteiger partial charge in [-0.2, -0.15) is 0 Å². The molecule has 0 spiro atoms. The van der Waals surface area contributed by atoms with E-state index in [0.717, 1.165) is 29.9 Å². The van der Waals surface area contributed by atoms with Crippen LogP contribution in [-0.2, 0) is 6.42 Å². The van der Waals surface area contributed by atoms with Crippen LogP contribution in [0.15, 0.2) is 42.5 Å². The van der Waals surface area contributed by atoms with Gasteiger partial charge in [-0.15, -0.1) is 5.10 Å². The predicted octanol–water partition coefficient (Wildman–Crippen LogP) is 5.41. The van der Waals surface area contributed by atoms with E-state index in [0.29, 0.717) is 22.8 Å². The lowest BCUT2D eigenvalue weighted by atomic mass is 9.95. The Morgan fingerprint density at radius 3 is 2.42 bits per heavy atom. The quantitative estimate of drug-likeness (QED) is 0.675. The second-order valence-electron chi connectivity index (χ2n) is 6.84. The molecule has 1 heterocycles. The van der Waals surface area contributed by atoms with Crippen LogP contribution in [0.1, 0.15) is 40.0 Å². The van der Waals surface area contributed by atoms with Gasteiger partial charge in [0.25, 0.3) is 0 Å². The molecule has 4 rings (SSSR count). The highest BCUT2D eigenvalue weighted by Gasteiger charge is 2.27. The maximum Gasteiger partial charge on any atom is 0.168 e. The number of nitrogens with one attached hydrogen (secondary N) is 1. The van der Waals surface area contributed by atoms with Gasteiger partial charge < -0.3 is 5.32 Å². The van der Waals surface area contributed by atoms with Gasteiger partial charge in [0.1, 0.15) is 0 Å². The lowest BCUT2D eigenvalue weighted by molar-refractivity contribution is 0.0973. The maximum atomic E-state index is 12.6. The van der Waals surface area contributed by atoms with Crippen molar-refractivity contribution in [3.63, 3.8) is 0 Å². The van der Waals surface area contributed by atoms with Crippen molar-refractivity contribution >= 4 is 28.9 Å². The zero-order chi connectivity index (χ0) is 18.3. The van der Waals surface area contributed by atoms with E-state index in [2.05, 4.69) is 37.4 Å². The van der Waals surface area contributed by atoms with Gasteiger partial charge in [0.15, 0.2) is 11.6 Å². The normalized spacial score (nSPS) is 13.6. The van der Waals surface area contributed by atoms with Crippen LogP contribution in [0.5, 0.6) is 0 Å². The van der Waals surface area contributed by atoms with Crippen molar-refractivity contribution in [1.29, 1.82) is 0 Å². The Morgan fingerprint density at radius 2 is 1.73 bits per heavy atom. The molecule has 0 saturated carbocycles. The fourth-order valence-electron chi connectivity index (χ4n) is 3.59. The van der Waals surface area contributed by atoms with Crippen LogP contribution >= 0.6 is 11.6 Å². The average Bonchev–Trinajstić information content (AvgIpc) is 2.94. The van der Waals surface area contributed by atoms with Gasteiger partial charge >= 0.3 is 0 Å². The topological polar surface area (TPSA) is 46.9 Å². The van der Waals surface area contributed by atoms with Gasteiger partial charge in [0, 0.05) is 17.1 Å². The summed E-state index contributed by atoms with van der Waals surface area (Å²) >= 11 is 6.01. The Kier molecular flexibility index (Phi) is 4.29. The highest BCUT2D eigenvalue weighted by molar-refractivity contribution is 6.30. The maximum absolute atomic E-state index is 12.6. The molecule has 5 heteroatoms. The number of ketones is 1. The number of anilines is 2. The first-order chi connectivity index (χ1) is 12.5. The van der Waals surface area contributed by atoms with Gasteiger partial charge in [-0.1, -0.05) is 17.7 Å². The predicted molar refractivity (Wildman–Crippen MR) is 105 cm³/mol. The van der Waals surface area contributed by atoms with Gasteiger partial charge in [0.2, 0.25) is 0 Å². The van der Waals surface area contributed by atoms with Crippen molar-refractivity contribution in [3.05, 3.63) is 69.9 Å². The summed E-state index contributed by atoms with van der Waals surface area (Å²) in [6.07, 6.45) is 2.26. The summed E-state index contributed by atoms with van der Waals surface area (Å²) in [7, 11) is 0. The van der Waals surface area contributed by atoms with Crippen LogP contribution in [0.4, 0.5) is 11.5 Å². The minimum absolute atomic E-state index is 0.151. The number of aromatic nitrogens is 2. The second-order valence-corrected chi connectivity index (χ2v) is 7.27. The van der Waals surface area contributed by atoms with Crippen molar-refractivity contribution < 1.29 is 4.79 Å². The van der Waals surface area contributed by atoms with Crippen molar-refractivity contribution in [1.82, 2.24) is 9.78 Å². The zero-order valence-corrected chi connectivity index (χ0v) is 15.6. The summed E-state index contributed by atoms with van der Waals surface area (Å²) in [5, 5.41) is 8.79. The number of nitrogens with zero attached hydrogens (tertiary/aromatic N) is 2. The summed E-state index contributed by atoms with van der Waals surface area (Å²) in [6, 6.07) is 13.8. The lowest BCUT2D eigenvalue weighted by Crippen LogP contribution is -2.13. The van der Waals surface area contributed by atoms with Crippen molar-refractivity contribution in [2.45, 2.75) is 33.1 Å². The molecule has 0 atom stereocenters. The molecule has 0 amide bonds. The van der Waals surface area contributed by atoms with Crippen molar-refractivity contribution in [2.75, 3.05) is 5.32 Å². The fraction of sp³-hybridized carbons (Fsp3) is 0.238. The molecule has 1 aliphatic rings. The summed E-state index contributed by atoms with van der Waals surface area (Å²) in [5.41, 5.74) is 5.88. The number of fused-ring (bicyclic) bond motifs is 1. The molecule has 0 aliphatic heterocycles. The fourth-order valence-corrected chi connectivity index (χ4v) is 3.71. The first-order valence-corrected chi connectivity index (χ1v) is 9.15. The molecule has 0 bridgehead atoms. The first kappa shape index (κ1) is 16.9. The zero-order valence-electron chi connectivity index (χ0n) is 14.8. The van der Waals surface area contributed by atoms with Crippen LogP contribution < -0.4 is 5.32 Å². The molecule has 0 unspecified atom stereocenters. The number of halogens is 1. The largest absolute Gasteiger partial charge is 0.338 e. The SMILES string of the molecule is Cc1cc(C)cc(Nc2nn(-c3ccc(Cl)cc3)c3c2C(=O)CCC3)c1. The molecule has 4 nitrogen and oxygen atoms in total. The summed E-state index contributed by atoms with van der Waals surface area (Å²) < 4.78 is 1.87. The number of rotatable bonds is 3. The van der Waals surface area contributed by atoms with Crippen molar-refractivity contribution in [2.24, 2.45) is 0 Å². The van der Waals surface area contributed by atoms with E-state index < -0.39 is 0 Å². The second kappa shape index (κ2) is 6.61. The molecule has 2 aromatic carbocycles. The molecule has 1 N–H and O–H groups in total. The van der Waals surface area contributed by atoms with Gasteiger partial charge in [-0.25, -0.2) is 4.68 Å². The number of carbonyl (C=O) groups excluding carboxylic acids is 1. The van der Waals surface area contributed by atoms with E-state index in [1.165, 1.54) is 11.1 Å². The van der Waals surface area contributed by atoms with E-state index in [1.807, 2.05) is 28.9 Å². The third-order valence-corrected chi connectivity index (χ3v) is 4.88. The molecule has 0 radical (unpaired) electrons. The van der Waals surface area contributed by atoms with E-state index in [-0.39, 0.29) is 5.78 Å². The Labute approximate surface area is 157 Å². The lowest BCUT2D eigenvalue weighted by Gasteiger charge is -2.13. The van der Waals surface area contributed by atoms with E-state index in [9.17, 15) is 4.79 Å². The Hall–Kier alpha value is -2.59. The monoisotopic (exact) mass is 365 g/mol. The van der Waals surface area contributed by atoms with E-state index in [4.69, 9.17) is 16.7 Å². The third-order valence-electron chi connectivity index (χ3n) is 4.63. The molecule has 1 aromatic heterocycles. The Bertz CT molecular complexity index is 969. The van der Waals surface area contributed by atoms with Crippen molar-refractivity contribution in [3.8, 4) is 5.69 Å². The van der Waals surface area contributed by atoms with E-state index >= 15 is 0 Å². The highest BCUT2D eigenvalue weighted by atomic mass is 35.5. The smallest absolute Gasteiger partial charge is 0.168 e. The van der Waals surface area contributed by atoms with Gasteiger partial charge in [0.05, 0.1) is 16.9 Å². The first-order valence-electron chi connectivity index (χ1n) is 8.77. The Balaban J connectivity index is 1.81. The number of hydrogen-bond acceptors (Lipinski definition) is 3. The Morgan fingerprint density at radius 1 is 1.04 bits per heavy atom. The number of hydrogen-bond donors (Lipinski definition) is 1.